The van der Waals surface area contributed by atoms with E-state index in [1.807, 2.05) is 20.0 Å². The Hall–Kier alpha value is -1.70. The molecule has 0 radical (unpaired) electrons. The zero-order chi connectivity index (χ0) is 14.2. The van der Waals surface area contributed by atoms with E-state index in [4.69, 9.17) is 0 Å². The van der Waals surface area contributed by atoms with E-state index in [2.05, 4.69) is 55.9 Å². The lowest BCUT2D eigenvalue weighted by Crippen LogP contribution is -2.11. The molecule has 0 aliphatic carbocycles. The number of aryl methyl sites for hydroxylation is 3. The second-order valence-corrected chi connectivity index (χ2v) is 6.28. The summed E-state index contributed by atoms with van der Waals surface area (Å²) >= 11 is 0. The highest BCUT2D eigenvalue weighted by molar-refractivity contribution is 5.63. The standard InChI is InChI=1S/C17H22N2/c1-11-7-14(9-15(8-11)17(4,5)6)16-13(3)19-12(2)10-18-16/h7-10H,1-6H3. The second kappa shape index (κ2) is 4.76. The normalized spacial score (nSPS) is 11.7. The van der Waals surface area contributed by atoms with Gasteiger partial charge in [0.15, 0.2) is 0 Å². The lowest BCUT2D eigenvalue weighted by Gasteiger charge is -2.21. The zero-order valence-electron chi connectivity index (χ0n) is 12.7. The number of nitrogens with zero attached hydrogens (tertiary/aromatic N) is 2. The van der Waals surface area contributed by atoms with Crippen molar-refractivity contribution in [2.24, 2.45) is 0 Å². The maximum atomic E-state index is 4.55. The molecule has 0 aliphatic heterocycles. The van der Waals surface area contributed by atoms with Gasteiger partial charge in [-0.25, -0.2) is 0 Å². The van der Waals surface area contributed by atoms with Crippen LogP contribution < -0.4 is 0 Å². The molecule has 0 fully saturated rings. The molecule has 0 atom stereocenters. The molecule has 0 saturated heterocycles. The van der Waals surface area contributed by atoms with Gasteiger partial charge in [-0.15, -0.1) is 0 Å². The van der Waals surface area contributed by atoms with Crippen LogP contribution in [0.4, 0.5) is 0 Å². The van der Waals surface area contributed by atoms with Gasteiger partial charge in [-0.2, -0.15) is 0 Å². The van der Waals surface area contributed by atoms with Crippen LogP contribution in [0.3, 0.4) is 0 Å². The monoisotopic (exact) mass is 254 g/mol. The van der Waals surface area contributed by atoms with E-state index in [9.17, 15) is 0 Å². The Morgan fingerprint density at radius 3 is 2.21 bits per heavy atom. The Morgan fingerprint density at radius 1 is 0.947 bits per heavy atom. The smallest absolute Gasteiger partial charge is 0.0914 e. The lowest BCUT2D eigenvalue weighted by atomic mass is 9.84. The molecule has 2 aromatic rings. The average Bonchev–Trinajstić information content (AvgIpc) is 2.26. The highest BCUT2D eigenvalue weighted by atomic mass is 14.8. The molecule has 2 rings (SSSR count). The second-order valence-electron chi connectivity index (χ2n) is 6.28. The Bertz CT molecular complexity index is 607. The van der Waals surface area contributed by atoms with E-state index in [0.717, 1.165) is 22.6 Å². The van der Waals surface area contributed by atoms with Crippen molar-refractivity contribution < 1.29 is 0 Å². The van der Waals surface area contributed by atoms with Crippen LogP contribution in [-0.4, -0.2) is 9.97 Å². The molecule has 1 aromatic carbocycles. The zero-order valence-corrected chi connectivity index (χ0v) is 12.7. The van der Waals surface area contributed by atoms with Crippen LogP contribution in [0.5, 0.6) is 0 Å². The van der Waals surface area contributed by atoms with Crippen molar-refractivity contribution in [2.45, 2.75) is 47.0 Å². The van der Waals surface area contributed by atoms with Gasteiger partial charge < -0.3 is 0 Å². The van der Waals surface area contributed by atoms with Crippen molar-refractivity contribution in [3.05, 3.63) is 46.9 Å². The fourth-order valence-corrected chi connectivity index (χ4v) is 2.23. The van der Waals surface area contributed by atoms with Gasteiger partial charge in [0, 0.05) is 11.8 Å². The van der Waals surface area contributed by atoms with E-state index in [-0.39, 0.29) is 5.41 Å². The summed E-state index contributed by atoms with van der Waals surface area (Å²) in [6.07, 6.45) is 1.83. The molecule has 2 nitrogen and oxygen atoms in total. The Labute approximate surface area is 115 Å². The van der Waals surface area contributed by atoms with Gasteiger partial charge in [-0.3, -0.25) is 9.97 Å². The summed E-state index contributed by atoms with van der Waals surface area (Å²) in [5.74, 6) is 0. The molecule has 0 N–H and O–H groups in total. The van der Waals surface area contributed by atoms with Crippen LogP contribution in [0, 0.1) is 20.8 Å². The minimum Gasteiger partial charge on any atom is -0.255 e. The molecular formula is C17H22N2. The first-order chi connectivity index (χ1) is 8.77. The summed E-state index contributed by atoms with van der Waals surface area (Å²) in [7, 11) is 0. The summed E-state index contributed by atoms with van der Waals surface area (Å²) in [5, 5.41) is 0. The molecule has 0 unspecified atom stereocenters. The molecule has 0 saturated carbocycles. The predicted molar refractivity (Wildman–Crippen MR) is 80.4 cm³/mol. The first-order valence-electron chi connectivity index (χ1n) is 6.70. The summed E-state index contributed by atoms with van der Waals surface area (Å²) in [5.41, 5.74) is 6.85. The SMILES string of the molecule is Cc1cc(-c2ncc(C)nc2C)cc(C(C)(C)C)c1. The maximum absolute atomic E-state index is 4.55. The highest BCUT2D eigenvalue weighted by Gasteiger charge is 2.16. The highest BCUT2D eigenvalue weighted by Crippen LogP contribution is 2.29. The van der Waals surface area contributed by atoms with Gasteiger partial charge in [0.1, 0.15) is 0 Å². The first-order valence-corrected chi connectivity index (χ1v) is 6.70. The van der Waals surface area contributed by atoms with Gasteiger partial charge >= 0.3 is 0 Å². The molecule has 0 spiro atoms. The summed E-state index contributed by atoms with van der Waals surface area (Å²) in [6, 6.07) is 6.67. The van der Waals surface area contributed by atoms with E-state index < -0.39 is 0 Å². The topological polar surface area (TPSA) is 25.8 Å². The number of hydrogen-bond acceptors (Lipinski definition) is 2. The average molecular weight is 254 g/mol. The molecule has 0 amide bonds. The Morgan fingerprint density at radius 2 is 1.63 bits per heavy atom. The fraction of sp³-hybridized carbons (Fsp3) is 0.412. The summed E-state index contributed by atoms with van der Waals surface area (Å²) in [6.45, 7) is 12.8. The van der Waals surface area contributed by atoms with Crippen LogP contribution in [0.2, 0.25) is 0 Å². The quantitative estimate of drug-likeness (QED) is 0.755. The Balaban J connectivity index is 2.59. The predicted octanol–water partition coefficient (Wildman–Crippen LogP) is 4.37. The molecule has 0 aliphatic rings. The van der Waals surface area contributed by atoms with Crippen LogP contribution in [-0.2, 0) is 5.41 Å². The summed E-state index contributed by atoms with van der Waals surface area (Å²) in [4.78, 5) is 9.06. The number of benzene rings is 1. The first kappa shape index (κ1) is 13.7. The molecule has 1 heterocycles. The van der Waals surface area contributed by atoms with E-state index in [1.54, 1.807) is 0 Å². The van der Waals surface area contributed by atoms with Crippen LogP contribution in [0.1, 0.15) is 43.3 Å². The van der Waals surface area contributed by atoms with Crippen molar-refractivity contribution in [3.8, 4) is 11.3 Å². The number of aromatic nitrogens is 2. The van der Waals surface area contributed by atoms with Crippen molar-refractivity contribution in [3.63, 3.8) is 0 Å². The maximum Gasteiger partial charge on any atom is 0.0914 e. The van der Waals surface area contributed by atoms with Crippen molar-refractivity contribution in [1.82, 2.24) is 9.97 Å². The number of rotatable bonds is 1. The third-order valence-electron chi connectivity index (χ3n) is 3.28. The third-order valence-corrected chi connectivity index (χ3v) is 3.28. The molecule has 1 aromatic heterocycles. The van der Waals surface area contributed by atoms with Crippen LogP contribution in [0.25, 0.3) is 11.3 Å². The molecule has 100 valence electrons. The van der Waals surface area contributed by atoms with Gasteiger partial charge in [-0.05, 0) is 43.9 Å². The van der Waals surface area contributed by atoms with Gasteiger partial charge in [0.05, 0.1) is 17.1 Å². The van der Waals surface area contributed by atoms with Gasteiger partial charge in [0.2, 0.25) is 0 Å². The largest absolute Gasteiger partial charge is 0.255 e. The minimum atomic E-state index is 0.146. The third kappa shape index (κ3) is 3.01. The minimum absolute atomic E-state index is 0.146. The summed E-state index contributed by atoms with van der Waals surface area (Å²) < 4.78 is 0. The molecule has 0 bridgehead atoms. The number of hydrogen-bond donors (Lipinski definition) is 0. The van der Waals surface area contributed by atoms with Crippen LogP contribution >= 0.6 is 0 Å². The molecule has 19 heavy (non-hydrogen) atoms. The van der Waals surface area contributed by atoms with E-state index in [0.29, 0.717) is 0 Å². The van der Waals surface area contributed by atoms with Gasteiger partial charge in [-0.1, -0.05) is 32.4 Å². The van der Waals surface area contributed by atoms with Crippen molar-refractivity contribution in [1.29, 1.82) is 0 Å². The van der Waals surface area contributed by atoms with Crippen LogP contribution in [0.15, 0.2) is 24.4 Å². The fourth-order valence-electron chi connectivity index (χ4n) is 2.23. The van der Waals surface area contributed by atoms with Crippen molar-refractivity contribution >= 4 is 0 Å². The lowest BCUT2D eigenvalue weighted by molar-refractivity contribution is 0.590. The van der Waals surface area contributed by atoms with Gasteiger partial charge in [0.25, 0.3) is 0 Å². The van der Waals surface area contributed by atoms with E-state index in [1.165, 1.54) is 11.1 Å². The van der Waals surface area contributed by atoms with Crippen molar-refractivity contribution in [2.75, 3.05) is 0 Å². The molecular weight excluding hydrogens is 232 g/mol. The Kier molecular flexibility index (Phi) is 3.44. The molecule has 2 heteroatoms. The van der Waals surface area contributed by atoms with E-state index >= 15 is 0 Å².